The van der Waals surface area contributed by atoms with Gasteiger partial charge in [-0.15, -0.1) is 0 Å². The van der Waals surface area contributed by atoms with Gasteiger partial charge in [0, 0.05) is 3.57 Å². The van der Waals surface area contributed by atoms with E-state index in [-0.39, 0.29) is 16.9 Å². The SMILES string of the molecule is CC(C1=N[C@@H](C(C)(C)C)CO1)(c1ccccc1)c1ccccc1I. The van der Waals surface area contributed by atoms with Crippen LogP contribution in [0.3, 0.4) is 0 Å². The minimum absolute atomic E-state index is 0.100. The molecule has 2 nitrogen and oxygen atoms in total. The van der Waals surface area contributed by atoms with Crippen molar-refractivity contribution in [2.75, 3.05) is 6.61 Å². The van der Waals surface area contributed by atoms with Crippen LogP contribution < -0.4 is 0 Å². The van der Waals surface area contributed by atoms with Gasteiger partial charge in [-0.25, -0.2) is 4.99 Å². The predicted octanol–water partition coefficient (Wildman–Crippen LogP) is 5.44. The highest BCUT2D eigenvalue weighted by Crippen LogP contribution is 2.39. The molecular weight excluding hydrogens is 409 g/mol. The Morgan fingerprint density at radius 2 is 1.58 bits per heavy atom. The Balaban J connectivity index is 2.16. The summed E-state index contributed by atoms with van der Waals surface area (Å²) in [6.07, 6.45) is 0. The molecule has 0 amide bonds. The van der Waals surface area contributed by atoms with E-state index >= 15 is 0 Å². The maximum Gasteiger partial charge on any atom is 0.199 e. The van der Waals surface area contributed by atoms with Gasteiger partial charge in [0.2, 0.25) is 0 Å². The Hall–Kier alpha value is -1.36. The summed E-state index contributed by atoms with van der Waals surface area (Å²) >= 11 is 2.41. The van der Waals surface area contributed by atoms with E-state index in [1.807, 2.05) is 0 Å². The fourth-order valence-electron chi connectivity index (χ4n) is 3.12. The standard InChI is InChI=1S/C21H24INO/c1-20(2,3)18-14-24-19(23-18)21(4,15-10-6-5-7-11-15)16-12-8-9-13-17(16)22/h5-13,18H,14H2,1-4H3/t18-,21?/m1/s1. The first-order chi connectivity index (χ1) is 11.3. The van der Waals surface area contributed by atoms with Crippen molar-refractivity contribution < 1.29 is 4.74 Å². The van der Waals surface area contributed by atoms with Crippen molar-refractivity contribution in [2.45, 2.75) is 39.2 Å². The van der Waals surface area contributed by atoms with E-state index in [4.69, 9.17) is 9.73 Å². The highest BCUT2D eigenvalue weighted by Gasteiger charge is 2.42. The zero-order chi connectivity index (χ0) is 17.4. The third kappa shape index (κ3) is 3.10. The van der Waals surface area contributed by atoms with Gasteiger partial charge < -0.3 is 4.74 Å². The van der Waals surface area contributed by atoms with Crippen molar-refractivity contribution in [3.05, 3.63) is 69.3 Å². The van der Waals surface area contributed by atoms with Gasteiger partial charge >= 0.3 is 0 Å². The van der Waals surface area contributed by atoms with Crippen LogP contribution in [0.15, 0.2) is 59.6 Å². The van der Waals surface area contributed by atoms with Crippen LogP contribution in [0.1, 0.15) is 38.8 Å². The van der Waals surface area contributed by atoms with Crippen LogP contribution in [0, 0.1) is 8.99 Å². The molecule has 2 aromatic rings. The van der Waals surface area contributed by atoms with Gasteiger partial charge in [-0.2, -0.15) is 0 Å². The zero-order valence-corrected chi connectivity index (χ0v) is 16.9. The maximum absolute atomic E-state index is 6.17. The van der Waals surface area contributed by atoms with Crippen molar-refractivity contribution in [2.24, 2.45) is 10.4 Å². The lowest BCUT2D eigenvalue weighted by atomic mass is 9.76. The molecule has 1 unspecified atom stereocenters. The Labute approximate surface area is 158 Å². The lowest BCUT2D eigenvalue weighted by molar-refractivity contribution is 0.229. The molecular formula is C21H24INO. The highest BCUT2D eigenvalue weighted by atomic mass is 127. The van der Waals surface area contributed by atoms with Crippen molar-refractivity contribution in [3.8, 4) is 0 Å². The molecule has 3 heteroatoms. The molecule has 0 N–H and O–H groups in total. The van der Waals surface area contributed by atoms with Gasteiger partial charge in [0.15, 0.2) is 5.90 Å². The van der Waals surface area contributed by atoms with Gasteiger partial charge in [-0.3, -0.25) is 0 Å². The summed E-state index contributed by atoms with van der Waals surface area (Å²) in [4.78, 5) is 5.02. The Morgan fingerprint density at radius 3 is 2.17 bits per heavy atom. The van der Waals surface area contributed by atoms with Crippen LogP contribution in [0.4, 0.5) is 0 Å². The first-order valence-corrected chi connectivity index (χ1v) is 9.43. The van der Waals surface area contributed by atoms with Gasteiger partial charge in [0.05, 0.1) is 11.5 Å². The number of rotatable bonds is 3. The lowest BCUT2D eigenvalue weighted by Gasteiger charge is -2.31. The zero-order valence-electron chi connectivity index (χ0n) is 14.7. The minimum Gasteiger partial charge on any atom is -0.478 e. The molecule has 0 saturated heterocycles. The second-order valence-corrected chi connectivity index (χ2v) is 8.76. The van der Waals surface area contributed by atoms with Gasteiger partial charge in [-0.1, -0.05) is 69.3 Å². The molecule has 2 atom stereocenters. The summed E-state index contributed by atoms with van der Waals surface area (Å²) in [5.74, 6) is 0.831. The van der Waals surface area contributed by atoms with Crippen LogP contribution >= 0.6 is 22.6 Å². The summed E-state index contributed by atoms with van der Waals surface area (Å²) in [5, 5.41) is 0. The molecule has 24 heavy (non-hydrogen) atoms. The summed E-state index contributed by atoms with van der Waals surface area (Å²) in [6, 6.07) is 19.2. The summed E-state index contributed by atoms with van der Waals surface area (Å²) in [7, 11) is 0. The van der Waals surface area contributed by atoms with Crippen LogP contribution in [0.2, 0.25) is 0 Å². The van der Waals surface area contributed by atoms with E-state index in [0.717, 1.165) is 5.90 Å². The highest BCUT2D eigenvalue weighted by molar-refractivity contribution is 14.1. The first-order valence-electron chi connectivity index (χ1n) is 8.35. The molecule has 0 fully saturated rings. The molecule has 126 valence electrons. The number of hydrogen-bond acceptors (Lipinski definition) is 2. The molecule has 0 spiro atoms. The quantitative estimate of drug-likeness (QED) is 0.591. The molecule has 3 rings (SSSR count). The number of hydrogen-bond donors (Lipinski definition) is 0. The molecule has 2 aromatic carbocycles. The smallest absolute Gasteiger partial charge is 0.199 e. The van der Waals surface area contributed by atoms with Gasteiger partial charge in [0.25, 0.3) is 0 Å². The third-order valence-corrected chi connectivity index (χ3v) is 5.78. The predicted molar refractivity (Wildman–Crippen MR) is 109 cm³/mol. The Kier molecular flexibility index (Phi) is 4.73. The average molecular weight is 433 g/mol. The Bertz CT molecular complexity index is 748. The molecule has 1 aliphatic rings. The third-order valence-electron chi connectivity index (χ3n) is 4.84. The molecule has 0 saturated carbocycles. The molecule has 0 aromatic heterocycles. The Morgan fingerprint density at radius 1 is 0.958 bits per heavy atom. The van der Waals surface area contributed by atoms with Crippen molar-refractivity contribution in [1.82, 2.24) is 0 Å². The molecule has 0 radical (unpaired) electrons. The number of benzene rings is 2. The van der Waals surface area contributed by atoms with Crippen LogP contribution in [0.25, 0.3) is 0 Å². The second-order valence-electron chi connectivity index (χ2n) is 7.60. The van der Waals surface area contributed by atoms with Crippen LogP contribution in [-0.2, 0) is 10.2 Å². The van der Waals surface area contributed by atoms with Crippen molar-refractivity contribution >= 4 is 28.5 Å². The van der Waals surface area contributed by atoms with E-state index in [9.17, 15) is 0 Å². The van der Waals surface area contributed by atoms with E-state index in [1.165, 1.54) is 14.7 Å². The topological polar surface area (TPSA) is 21.6 Å². The van der Waals surface area contributed by atoms with Crippen LogP contribution in [-0.4, -0.2) is 18.5 Å². The number of halogens is 1. The van der Waals surface area contributed by atoms with E-state index in [0.29, 0.717) is 6.61 Å². The number of ether oxygens (including phenoxy) is 1. The second kappa shape index (κ2) is 6.51. The normalized spacial score (nSPS) is 20.2. The van der Waals surface area contributed by atoms with Crippen LogP contribution in [0.5, 0.6) is 0 Å². The molecule has 1 aliphatic heterocycles. The largest absolute Gasteiger partial charge is 0.478 e. The molecule has 1 heterocycles. The summed E-state index contributed by atoms with van der Waals surface area (Å²) < 4.78 is 7.40. The maximum atomic E-state index is 6.17. The monoisotopic (exact) mass is 433 g/mol. The van der Waals surface area contributed by atoms with Gasteiger partial charge in [0.1, 0.15) is 6.61 Å². The fraction of sp³-hybridized carbons (Fsp3) is 0.381. The fourth-order valence-corrected chi connectivity index (χ4v) is 4.05. The lowest BCUT2D eigenvalue weighted by Crippen LogP contribution is -2.35. The molecule has 0 aliphatic carbocycles. The number of aliphatic imine (C=N–C) groups is 1. The number of nitrogens with zero attached hydrogens (tertiary/aromatic N) is 1. The molecule has 0 bridgehead atoms. The average Bonchev–Trinajstić information content (AvgIpc) is 3.06. The van der Waals surface area contributed by atoms with E-state index in [2.05, 4.69) is 105 Å². The van der Waals surface area contributed by atoms with Crippen molar-refractivity contribution in [3.63, 3.8) is 0 Å². The summed E-state index contributed by atoms with van der Waals surface area (Å²) in [5.41, 5.74) is 2.18. The minimum atomic E-state index is -0.376. The van der Waals surface area contributed by atoms with Crippen molar-refractivity contribution in [1.29, 1.82) is 0 Å². The van der Waals surface area contributed by atoms with E-state index < -0.39 is 0 Å². The van der Waals surface area contributed by atoms with E-state index in [1.54, 1.807) is 0 Å². The summed E-state index contributed by atoms with van der Waals surface area (Å²) in [6.45, 7) is 9.55. The first kappa shape index (κ1) is 17.5. The van der Waals surface area contributed by atoms with Gasteiger partial charge in [-0.05, 0) is 52.1 Å².